The summed E-state index contributed by atoms with van der Waals surface area (Å²) in [5, 5.41) is 7.11. The van der Waals surface area contributed by atoms with Gasteiger partial charge in [-0.05, 0) is 18.6 Å². The largest absolute Gasteiger partial charge is 0.356 e. The number of fused-ring (bicyclic) bond motifs is 1. The molecule has 1 N–H and O–H groups in total. The van der Waals surface area contributed by atoms with Gasteiger partial charge in [0, 0.05) is 11.8 Å². The second-order valence-corrected chi connectivity index (χ2v) is 4.07. The van der Waals surface area contributed by atoms with Gasteiger partial charge in [0.1, 0.15) is 5.69 Å². The summed E-state index contributed by atoms with van der Waals surface area (Å²) in [6, 6.07) is 7.39. The van der Waals surface area contributed by atoms with E-state index < -0.39 is 5.92 Å². The molecule has 1 atom stereocenters. The minimum atomic E-state index is -0.392. The lowest BCUT2D eigenvalue weighted by Crippen LogP contribution is -2.39. The number of rotatable bonds is 1. The number of hydrogen-bond acceptors (Lipinski definition) is 4. The van der Waals surface area contributed by atoms with Gasteiger partial charge < -0.3 is 4.52 Å². The van der Waals surface area contributed by atoms with Crippen LogP contribution in [0.15, 0.2) is 28.8 Å². The maximum absolute atomic E-state index is 11.7. The van der Waals surface area contributed by atoms with E-state index in [2.05, 4.69) is 10.5 Å². The van der Waals surface area contributed by atoms with E-state index in [1.165, 1.54) is 0 Å². The van der Waals surface area contributed by atoms with Crippen molar-refractivity contribution in [3.05, 3.63) is 30.0 Å². The average Bonchev–Trinajstić information content (AvgIpc) is 2.73. The summed E-state index contributed by atoms with van der Waals surface area (Å²) in [5.74, 6) is -0.907. The molecule has 0 saturated carbocycles. The van der Waals surface area contributed by atoms with E-state index >= 15 is 0 Å². The van der Waals surface area contributed by atoms with Crippen LogP contribution in [0.25, 0.3) is 11.0 Å². The van der Waals surface area contributed by atoms with Gasteiger partial charge in [0.25, 0.3) is 0 Å². The van der Waals surface area contributed by atoms with Gasteiger partial charge >= 0.3 is 0 Å². The fraction of sp³-hybridized carbons (Fsp3) is 0.250. The molecule has 1 aliphatic rings. The van der Waals surface area contributed by atoms with E-state index in [1.54, 1.807) is 6.07 Å². The summed E-state index contributed by atoms with van der Waals surface area (Å²) in [7, 11) is 0. The van der Waals surface area contributed by atoms with Crippen LogP contribution in [0.2, 0.25) is 0 Å². The van der Waals surface area contributed by atoms with E-state index in [0.717, 1.165) is 5.39 Å². The highest BCUT2D eigenvalue weighted by atomic mass is 16.5. The molecule has 0 radical (unpaired) electrons. The number of carbonyl (C=O) groups excluding carboxylic acids is 2. The number of aromatic nitrogens is 1. The van der Waals surface area contributed by atoms with Gasteiger partial charge in [0.15, 0.2) is 5.58 Å². The summed E-state index contributed by atoms with van der Waals surface area (Å²) in [6.45, 7) is 0. The fourth-order valence-corrected chi connectivity index (χ4v) is 2.11. The van der Waals surface area contributed by atoms with Gasteiger partial charge in [-0.15, -0.1) is 0 Å². The molecular weight excluding hydrogens is 220 g/mol. The van der Waals surface area contributed by atoms with Gasteiger partial charge in [0.2, 0.25) is 11.8 Å². The van der Waals surface area contributed by atoms with Crippen molar-refractivity contribution in [1.29, 1.82) is 0 Å². The zero-order valence-corrected chi connectivity index (χ0v) is 8.97. The molecule has 0 spiro atoms. The molecule has 3 rings (SSSR count). The Hall–Kier alpha value is -2.17. The minimum Gasteiger partial charge on any atom is -0.356 e. The maximum atomic E-state index is 11.7. The van der Waals surface area contributed by atoms with Crippen molar-refractivity contribution in [1.82, 2.24) is 10.5 Å². The number of carbonyl (C=O) groups is 2. The number of imide groups is 1. The molecule has 1 saturated heterocycles. The Morgan fingerprint density at radius 2 is 2.12 bits per heavy atom. The van der Waals surface area contributed by atoms with Crippen molar-refractivity contribution < 1.29 is 14.1 Å². The standard InChI is InChI=1S/C12H10N2O3/c15-10-6-5-8(12(16)13-10)11-7-3-1-2-4-9(7)17-14-11/h1-4,8H,5-6H2,(H,13,15,16). The quantitative estimate of drug-likeness (QED) is 0.750. The lowest BCUT2D eigenvalue weighted by atomic mass is 9.93. The first kappa shape index (κ1) is 10.0. The SMILES string of the molecule is O=C1CCC(c2noc3ccccc23)C(=O)N1. The molecule has 1 fully saturated rings. The van der Waals surface area contributed by atoms with Gasteiger partial charge in [-0.25, -0.2) is 0 Å². The van der Waals surface area contributed by atoms with Crippen molar-refractivity contribution in [3.63, 3.8) is 0 Å². The summed E-state index contributed by atoms with van der Waals surface area (Å²) in [4.78, 5) is 22.8. The maximum Gasteiger partial charge on any atom is 0.235 e. The van der Waals surface area contributed by atoms with Gasteiger partial charge in [-0.2, -0.15) is 0 Å². The number of benzene rings is 1. The molecule has 2 heterocycles. The van der Waals surface area contributed by atoms with Crippen LogP contribution in [0.5, 0.6) is 0 Å². The van der Waals surface area contributed by atoms with Crippen LogP contribution in [-0.2, 0) is 9.59 Å². The summed E-state index contributed by atoms with van der Waals surface area (Å²) in [5.41, 5.74) is 1.28. The highest BCUT2D eigenvalue weighted by Crippen LogP contribution is 2.29. The molecule has 2 aromatic rings. The lowest BCUT2D eigenvalue weighted by Gasteiger charge is -2.18. The molecular formula is C12H10N2O3. The molecule has 1 aromatic heterocycles. The number of piperidine rings is 1. The van der Waals surface area contributed by atoms with Crippen LogP contribution in [0.1, 0.15) is 24.5 Å². The lowest BCUT2D eigenvalue weighted by molar-refractivity contribution is -0.134. The first-order valence-electron chi connectivity index (χ1n) is 5.44. The monoisotopic (exact) mass is 230 g/mol. The van der Waals surface area contributed by atoms with Gasteiger partial charge in [-0.1, -0.05) is 17.3 Å². The molecule has 1 aromatic carbocycles. The first-order valence-corrected chi connectivity index (χ1v) is 5.44. The third kappa shape index (κ3) is 1.60. The number of nitrogens with one attached hydrogen (secondary N) is 1. The van der Waals surface area contributed by atoms with Crippen LogP contribution in [-0.4, -0.2) is 17.0 Å². The molecule has 2 amide bonds. The van der Waals surface area contributed by atoms with E-state index in [9.17, 15) is 9.59 Å². The summed E-state index contributed by atoms with van der Waals surface area (Å²) >= 11 is 0. The Kier molecular flexibility index (Phi) is 2.18. The zero-order chi connectivity index (χ0) is 11.8. The minimum absolute atomic E-state index is 0.223. The Labute approximate surface area is 96.8 Å². The van der Waals surface area contributed by atoms with E-state index in [0.29, 0.717) is 24.1 Å². The fourth-order valence-electron chi connectivity index (χ4n) is 2.11. The second-order valence-electron chi connectivity index (χ2n) is 4.07. The number of amides is 2. The summed E-state index contributed by atoms with van der Waals surface area (Å²) < 4.78 is 5.16. The van der Waals surface area contributed by atoms with Crippen molar-refractivity contribution in [2.75, 3.05) is 0 Å². The molecule has 0 bridgehead atoms. The predicted octanol–water partition coefficient (Wildman–Crippen LogP) is 1.35. The van der Waals surface area contributed by atoms with Crippen molar-refractivity contribution >= 4 is 22.8 Å². The van der Waals surface area contributed by atoms with Crippen LogP contribution in [0.4, 0.5) is 0 Å². The van der Waals surface area contributed by atoms with Gasteiger partial charge in [0.05, 0.1) is 5.92 Å². The molecule has 5 heteroatoms. The van der Waals surface area contributed by atoms with E-state index in [4.69, 9.17) is 4.52 Å². The van der Waals surface area contributed by atoms with Crippen LogP contribution < -0.4 is 5.32 Å². The highest BCUT2D eigenvalue weighted by molar-refractivity contribution is 6.02. The van der Waals surface area contributed by atoms with E-state index in [1.807, 2.05) is 18.2 Å². The predicted molar refractivity (Wildman–Crippen MR) is 59.1 cm³/mol. The molecule has 0 aliphatic carbocycles. The average molecular weight is 230 g/mol. The third-order valence-electron chi connectivity index (χ3n) is 2.97. The highest BCUT2D eigenvalue weighted by Gasteiger charge is 2.31. The topological polar surface area (TPSA) is 72.2 Å². The van der Waals surface area contributed by atoms with Crippen molar-refractivity contribution in [2.45, 2.75) is 18.8 Å². The Bertz CT molecular complexity index is 603. The molecule has 5 nitrogen and oxygen atoms in total. The Balaban J connectivity index is 2.04. The molecule has 17 heavy (non-hydrogen) atoms. The van der Waals surface area contributed by atoms with Gasteiger partial charge in [-0.3, -0.25) is 14.9 Å². The molecule has 1 aliphatic heterocycles. The van der Waals surface area contributed by atoms with E-state index in [-0.39, 0.29) is 11.8 Å². The van der Waals surface area contributed by atoms with Crippen molar-refractivity contribution in [3.8, 4) is 0 Å². The number of hydrogen-bond donors (Lipinski definition) is 1. The summed E-state index contributed by atoms with van der Waals surface area (Å²) in [6.07, 6.45) is 0.832. The molecule has 1 unspecified atom stereocenters. The number of nitrogens with zero attached hydrogens (tertiary/aromatic N) is 1. The zero-order valence-electron chi connectivity index (χ0n) is 8.97. The Morgan fingerprint density at radius 1 is 1.29 bits per heavy atom. The Morgan fingerprint density at radius 3 is 2.94 bits per heavy atom. The van der Waals surface area contributed by atoms with Crippen molar-refractivity contribution in [2.24, 2.45) is 0 Å². The normalized spacial score (nSPS) is 20.6. The van der Waals surface area contributed by atoms with Crippen LogP contribution in [0.3, 0.4) is 0 Å². The molecule has 86 valence electrons. The first-order chi connectivity index (χ1) is 8.25. The second kappa shape index (κ2) is 3.69. The third-order valence-corrected chi connectivity index (χ3v) is 2.97. The number of para-hydroxylation sites is 1. The smallest absolute Gasteiger partial charge is 0.235 e. The van der Waals surface area contributed by atoms with Crippen LogP contribution in [0, 0.1) is 0 Å². The van der Waals surface area contributed by atoms with Crippen LogP contribution >= 0.6 is 0 Å².